The van der Waals surface area contributed by atoms with Gasteiger partial charge in [-0.05, 0) is 43.2 Å². The molecule has 1 aliphatic rings. The van der Waals surface area contributed by atoms with Crippen molar-refractivity contribution in [2.45, 2.75) is 32.9 Å². The number of fused-ring (bicyclic) bond motifs is 1. The molecule has 0 saturated carbocycles. The number of hydrogen-bond donors (Lipinski definition) is 1. The lowest BCUT2D eigenvalue weighted by molar-refractivity contribution is -0.140. The predicted molar refractivity (Wildman–Crippen MR) is 135 cm³/mol. The largest absolute Gasteiger partial charge is 0.454 e. The topological polar surface area (TPSA) is 105 Å². The Morgan fingerprint density at radius 3 is 2.43 bits per heavy atom. The molecule has 190 valence electrons. The van der Waals surface area contributed by atoms with Gasteiger partial charge >= 0.3 is 0 Å². The van der Waals surface area contributed by atoms with Gasteiger partial charge in [-0.3, -0.25) is 13.9 Å². The molecule has 0 spiro atoms. The Balaban J connectivity index is 1.97. The summed E-state index contributed by atoms with van der Waals surface area (Å²) in [5, 5.41) is 3.50. The number of halogens is 2. The zero-order chi connectivity index (χ0) is 25.8. The molecule has 35 heavy (non-hydrogen) atoms. The Labute approximate surface area is 214 Å². The lowest BCUT2D eigenvalue weighted by atomic mass is 10.1. The summed E-state index contributed by atoms with van der Waals surface area (Å²) >= 11 is 12.3. The summed E-state index contributed by atoms with van der Waals surface area (Å²) < 4.78 is 37.0. The molecule has 2 aromatic carbocycles. The van der Waals surface area contributed by atoms with Crippen LogP contribution in [0.2, 0.25) is 10.0 Å². The number of likely N-dealkylation sites (N-methyl/N-ethyl adjacent to an activating group) is 1. The molecule has 3 rings (SSSR count). The fourth-order valence-corrected chi connectivity index (χ4v) is 5.01. The number of anilines is 1. The number of nitrogens with zero attached hydrogens (tertiary/aromatic N) is 2. The standard InChI is InChI=1S/C23H27Cl2N3O6S/c1-4-19(23(30)26-5-2)27(12-15-6-7-16(24)10-18(15)25)22(29)13-28(35(3,31)32)17-8-9-20-21(11-17)34-14-33-20/h6-11,19H,4-5,12-14H2,1-3H3,(H,26,30)/t19-/m0/s1. The van der Waals surface area contributed by atoms with Crippen LogP contribution >= 0.6 is 23.2 Å². The molecule has 2 amide bonds. The Bertz CT molecular complexity index is 1210. The van der Waals surface area contributed by atoms with Crippen LogP contribution in [0.3, 0.4) is 0 Å². The number of amides is 2. The highest BCUT2D eigenvalue weighted by atomic mass is 35.5. The minimum Gasteiger partial charge on any atom is -0.454 e. The highest BCUT2D eigenvalue weighted by Gasteiger charge is 2.32. The molecule has 9 nitrogen and oxygen atoms in total. The van der Waals surface area contributed by atoms with Crippen LogP contribution in [0.25, 0.3) is 0 Å². The molecule has 12 heteroatoms. The first-order valence-electron chi connectivity index (χ1n) is 10.9. The second-order valence-corrected chi connectivity index (χ2v) is 10.6. The van der Waals surface area contributed by atoms with Crippen LogP contribution in [0.15, 0.2) is 36.4 Å². The number of rotatable bonds is 10. The van der Waals surface area contributed by atoms with E-state index in [0.29, 0.717) is 40.1 Å². The van der Waals surface area contributed by atoms with Gasteiger partial charge in [0.05, 0.1) is 11.9 Å². The quantitative estimate of drug-likeness (QED) is 0.492. The van der Waals surface area contributed by atoms with Crippen molar-refractivity contribution in [1.82, 2.24) is 10.2 Å². The van der Waals surface area contributed by atoms with Gasteiger partial charge in [0.25, 0.3) is 0 Å². The van der Waals surface area contributed by atoms with Crippen molar-refractivity contribution in [2.75, 3.05) is 30.4 Å². The van der Waals surface area contributed by atoms with E-state index in [-0.39, 0.29) is 24.9 Å². The third kappa shape index (κ3) is 6.50. The zero-order valence-electron chi connectivity index (χ0n) is 19.6. The van der Waals surface area contributed by atoms with Gasteiger partial charge in [-0.1, -0.05) is 36.2 Å². The molecule has 0 aliphatic carbocycles. The summed E-state index contributed by atoms with van der Waals surface area (Å²) in [4.78, 5) is 27.8. The molecule has 1 heterocycles. The van der Waals surface area contributed by atoms with Gasteiger partial charge in [-0.15, -0.1) is 0 Å². The van der Waals surface area contributed by atoms with E-state index in [9.17, 15) is 18.0 Å². The fourth-order valence-electron chi connectivity index (χ4n) is 3.70. The van der Waals surface area contributed by atoms with E-state index in [4.69, 9.17) is 32.7 Å². The zero-order valence-corrected chi connectivity index (χ0v) is 21.9. The van der Waals surface area contributed by atoms with Gasteiger partial charge in [-0.25, -0.2) is 8.42 Å². The van der Waals surface area contributed by atoms with Crippen LogP contribution in [0.1, 0.15) is 25.8 Å². The van der Waals surface area contributed by atoms with Gasteiger partial charge in [-0.2, -0.15) is 0 Å². The summed E-state index contributed by atoms with van der Waals surface area (Å²) in [5.74, 6) is -0.0587. The Hall–Kier alpha value is -2.69. The van der Waals surface area contributed by atoms with Crippen molar-refractivity contribution in [1.29, 1.82) is 0 Å². The summed E-state index contributed by atoms with van der Waals surface area (Å²) in [6.45, 7) is 3.42. The van der Waals surface area contributed by atoms with E-state index >= 15 is 0 Å². The smallest absolute Gasteiger partial charge is 0.244 e. The SMILES string of the molecule is CCNC(=O)[C@H](CC)N(Cc1ccc(Cl)cc1Cl)C(=O)CN(c1ccc2c(c1)OCO2)S(C)(=O)=O. The molecular formula is C23H27Cl2N3O6S. The lowest BCUT2D eigenvalue weighted by Gasteiger charge is -2.33. The molecular weight excluding hydrogens is 517 g/mol. The molecule has 1 N–H and O–H groups in total. The average Bonchev–Trinajstić information content (AvgIpc) is 3.26. The minimum atomic E-state index is -3.87. The van der Waals surface area contributed by atoms with Crippen LogP contribution in [0, 0.1) is 0 Å². The first-order valence-corrected chi connectivity index (χ1v) is 13.5. The minimum absolute atomic E-state index is 0.0107. The Morgan fingerprint density at radius 2 is 1.80 bits per heavy atom. The Morgan fingerprint density at radius 1 is 1.09 bits per heavy atom. The lowest BCUT2D eigenvalue weighted by Crippen LogP contribution is -2.52. The van der Waals surface area contributed by atoms with Crippen molar-refractivity contribution in [3.05, 3.63) is 52.0 Å². The van der Waals surface area contributed by atoms with Gasteiger partial charge < -0.3 is 19.7 Å². The molecule has 0 aromatic heterocycles. The number of carbonyl (C=O) groups excluding carboxylic acids is 2. The maximum atomic E-state index is 13.6. The van der Waals surface area contributed by atoms with E-state index < -0.39 is 28.5 Å². The van der Waals surface area contributed by atoms with E-state index in [2.05, 4.69) is 5.32 Å². The highest BCUT2D eigenvalue weighted by molar-refractivity contribution is 7.92. The summed E-state index contributed by atoms with van der Waals surface area (Å²) in [6.07, 6.45) is 1.32. The van der Waals surface area contributed by atoms with Crippen molar-refractivity contribution in [2.24, 2.45) is 0 Å². The first-order chi connectivity index (χ1) is 16.5. The van der Waals surface area contributed by atoms with Crippen LogP contribution < -0.4 is 19.1 Å². The summed E-state index contributed by atoms with van der Waals surface area (Å²) in [6, 6.07) is 8.61. The number of carbonyl (C=O) groups is 2. The molecule has 0 saturated heterocycles. The first kappa shape index (κ1) is 26.9. The van der Waals surface area contributed by atoms with Crippen LogP contribution in [-0.4, -0.2) is 57.3 Å². The van der Waals surface area contributed by atoms with E-state index in [1.54, 1.807) is 38.1 Å². The molecule has 1 aliphatic heterocycles. The summed E-state index contributed by atoms with van der Waals surface area (Å²) in [5.41, 5.74) is 0.807. The van der Waals surface area contributed by atoms with Crippen LogP contribution in [0.4, 0.5) is 5.69 Å². The number of benzene rings is 2. The third-order valence-electron chi connectivity index (χ3n) is 5.42. The number of sulfonamides is 1. The second kappa shape index (κ2) is 11.4. The van der Waals surface area contributed by atoms with Crippen LogP contribution in [-0.2, 0) is 26.2 Å². The molecule has 0 radical (unpaired) electrons. The summed E-state index contributed by atoms with van der Waals surface area (Å²) in [7, 11) is -3.87. The van der Waals surface area contributed by atoms with E-state index in [1.165, 1.54) is 17.0 Å². The molecule has 0 bridgehead atoms. The van der Waals surface area contributed by atoms with Crippen molar-refractivity contribution in [3.63, 3.8) is 0 Å². The normalized spacial score (nSPS) is 13.3. The molecule has 0 unspecified atom stereocenters. The van der Waals surface area contributed by atoms with E-state index in [0.717, 1.165) is 10.6 Å². The van der Waals surface area contributed by atoms with Crippen molar-refractivity contribution in [3.8, 4) is 11.5 Å². The van der Waals surface area contributed by atoms with Gasteiger partial charge in [0.1, 0.15) is 12.6 Å². The number of hydrogen-bond acceptors (Lipinski definition) is 6. The van der Waals surface area contributed by atoms with Gasteiger partial charge in [0.2, 0.25) is 28.6 Å². The highest BCUT2D eigenvalue weighted by Crippen LogP contribution is 2.36. The van der Waals surface area contributed by atoms with Gasteiger partial charge in [0.15, 0.2) is 11.5 Å². The van der Waals surface area contributed by atoms with E-state index in [1.807, 2.05) is 0 Å². The molecule has 2 aromatic rings. The molecule has 0 fully saturated rings. The fraction of sp³-hybridized carbons (Fsp3) is 0.391. The second-order valence-electron chi connectivity index (χ2n) is 7.88. The van der Waals surface area contributed by atoms with Crippen molar-refractivity contribution < 1.29 is 27.5 Å². The monoisotopic (exact) mass is 543 g/mol. The third-order valence-corrected chi connectivity index (χ3v) is 7.14. The maximum absolute atomic E-state index is 13.6. The number of ether oxygens (including phenoxy) is 2. The van der Waals surface area contributed by atoms with Crippen molar-refractivity contribution >= 4 is 50.7 Å². The molecule has 1 atom stereocenters. The van der Waals surface area contributed by atoms with Crippen LogP contribution in [0.5, 0.6) is 11.5 Å². The number of nitrogens with one attached hydrogen (secondary N) is 1. The average molecular weight is 544 g/mol. The predicted octanol–water partition coefficient (Wildman–Crippen LogP) is 3.43. The Kier molecular flexibility index (Phi) is 8.74. The maximum Gasteiger partial charge on any atom is 0.244 e. The van der Waals surface area contributed by atoms with Gasteiger partial charge in [0, 0.05) is 29.2 Å².